The summed E-state index contributed by atoms with van der Waals surface area (Å²) in [7, 11) is 0. The predicted octanol–water partition coefficient (Wildman–Crippen LogP) is 4.48. The van der Waals surface area contributed by atoms with Crippen LogP contribution in [0.25, 0.3) is 21.7 Å². The average Bonchev–Trinajstić information content (AvgIpc) is 3.42. The van der Waals surface area contributed by atoms with Gasteiger partial charge in [-0.3, -0.25) is 9.88 Å². The van der Waals surface area contributed by atoms with Gasteiger partial charge < -0.3 is 4.90 Å². The fourth-order valence-electron chi connectivity index (χ4n) is 5.80. The predicted molar refractivity (Wildman–Crippen MR) is 126 cm³/mol. The second-order valence-electron chi connectivity index (χ2n) is 9.30. The Balaban J connectivity index is 1.38. The second-order valence-corrected chi connectivity index (χ2v) is 10.4. The molecule has 0 N–H and O–H groups in total. The standard InChI is InChI=1S/C24H30N6S/c1-16-5-4-12-30(16)17-8-13-29(14-9-17)23-21-18-6-2-3-7-20(18)31-24(21)28-22(27-23)19-15-25-10-11-26-19/h10-11,15-17H,2-9,12-14H2,1H3. The third kappa shape index (κ3) is 3.52. The van der Waals surface area contributed by atoms with Gasteiger partial charge in [-0.1, -0.05) is 0 Å². The van der Waals surface area contributed by atoms with Crippen molar-refractivity contribution in [3.05, 3.63) is 29.0 Å². The SMILES string of the molecule is CC1CCCN1C1CCN(c2nc(-c3cnccn3)nc3sc4c(c23)CCCC4)CC1. The molecule has 0 saturated carbocycles. The summed E-state index contributed by atoms with van der Waals surface area (Å²) in [4.78, 5) is 26.8. The zero-order valence-corrected chi connectivity index (χ0v) is 19.1. The maximum Gasteiger partial charge on any atom is 0.183 e. The summed E-state index contributed by atoms with van der Waals surface area (Å²) in [5, 5.41) is 1.32. The number of hydrogen-bond donors (Lipinski definition) is 0. The van der Waals surface area contributed by atoms with Crippen molar-refractivity contribution in [1.82, 2.24) is 24.8 Å². The maximum atomic E-state index is 5.12. The fourth-order valence-corrected chi connectivity index (χ4v) is 7.06. The zero-order chi connectivity index (χ0) is 20.8. The summed E-state index contributed by atoms with van der Waals surface area (Å²) in [6.07, 6.45) is 15.3. The summed E-state index contributed by atoms with van der Waals surface area (Å²) < 4.78 is 0. The third-order valence-electron chi connectivity index (χ3n) is 7.43. The first kappa shape index (κ1) is 19.6. The van der Waals surface area contributed by atoms with Crippen LogP contribution in [0.15, 0.2) is 18.6 Å². The normalized spacial score (nSPS) is 22.9. The minimum Gasteiger partial charge on any atom is -0.356 e. The van der Waals surface area contributed by atoms with Crippen molar-refractivity contribution in [3.63, 3.8) is 0 Å². The first-order valence-corrected chi connectivity index (χ1v) is 12.7. The van der Waals surface area contributed by atoms with Crippen molar-refractivity contribution in [2.75, 3.05) is 24.5 Å². The molecule has 5 heterocycles. The molecule has 6 nitrogen and oxygen atoms in total. The monoisotopic (exact) mass is 434 g/mol. The Hall–Kier alpha value is -2.12. The van der Waals surface area contributed by atoms with Gasteiger partial charge in [0.25, 0.3) is 0 Å². The van der Waals surface area contributed by atoms with E-state index >= 15 is 0 Å². The van der Waals surface area contributed by atoms with Gasteiger partial charge >= 0.3 is 0 Å². The molecule has 0 spiro atoms. The topological polar surface area (TPSA) is 58.0 Å². The molecular weight excluding hydrogens is 404 g/mol. The van der Waals surface area contributed by atoms with E-state index in [0.717, 1.165) is 47.9 Å². The van der Waals surface area contributed by atoms with Crippen molar-refractivity contribution in [1.29, 1.82) is 0 Å². The first-order valence-electron chi connectivity index (χ1n) is 11.9. The van der Waals surface area contributed by atoms with E-state index in [9.17, 15) is 0 Å². The largest absolute Gasteiger partial charge is 0.356 e. The van der Waals surface area contributed by atoms with Gasteiger partial charge in [0.05, 0.1) is 11.6 Å². The highest BCUT2D eigenvalue weighted by atomic mass is 32.1. The van der Waals surface area contributed by atoms with Gasteiger partial charge in [0.2, 0.25) is 0 Å². The van der Waals surface area contributed by atoms with E-state index in [1.807, 2.05) is 11.3 Å². The Morgan fingerprint density at radius 1 is 0.968 bits per heavy atom. The van der Waals surface area contributed by atoms with Crippen molar-refractivity contribution in [2.45, 2.75) is 70.4 Å². The van der Waals surface area contributed by atoms with Crippen LogP contribution in [0.5, 0.6) is 0 Å². The number of anilines is 1. The quantitative estimate of drug-likeness (QED) is 0.606. The molecule has 1 atom stereocenters. The number of nitrogens with zero attached hydrogens (tertiary/aromatic N) is 6. The number of likely N-dealkylation sites (tertiary alicyclic amines) is 1. The molecule has 0 amide bonds. The number of piperidine rings is 1. The molecule has 7 heteroatoms. The lowest BCUT2D eigenvalue weighted by molar-refractivity contribution is 0.163. The lowest BCUT2D eigenvalue weighted by atomic mass is 9.96. The van der Waals surface area contributed by atoms with Crippen molar-refractivity contribution < 1.29 is 0 Å². The van der Waals surface area contributed by atoms with Crippen molar-refractivity contribution in [2.24, 2.45) is 0 Å². The Kier molecular flexibility index (Phi) is 5.11. The lowest BCUT2D eigenvalue weighted by Crippen LogP contribution is -2.46. The Labute approximate surface area is 187 Å². The molecular formula is C24H30N6S. The Morgan fingerprint density at radius 2 is 1.84 bits per heavy atom. The van der Waals surface area contributed by atoms with E-state index in [-0.39, 0.29) is 0 Å². The van der Waals surface area contributed by atoms with Crippen molar-refractivity contribution in [3.8, 4) is 11.5 Å². The van der Waals surface area contributed by atoms with Crippen LogP contribution in [-0.4, -0.2) is 56.6 Å². The van der Waals surface area contributed by atoms with E-state index in [0.29, 0.717) is 5.82 Å². The summed E-state index contributed by atoms with van der Waals surface area (Å²) in [6.45, 7) is 5.83. The van der Waals surface area contributed by atoms with Crippen LogP contribution in [0.3, 0.4) is 0 Å². The average molecular weight is 435 g/mol. The number of aromatic nitrogens is 4. The van der Waals surface area contributed by atoms with Gasteiger partial charge in [-0.15, -0.1) is 11.3 Å². The van der Waals surface area contributed by atoms with Crippen LogP contribution in [0.4, 0.5) is 5.82 Å². The molecule has 31 heavy (non-hydrogen) atoms. The number of fused-ring (bicyclic) bond motifs is 3. The second kappa shape index (κ2) is 8.10. The summed E-state index contributed by atoms with van der Waals surface area (Å²) in [5.74, 6) is 1.85. The molecule has 1 unspecified atom stereocenters. The number of hydrogen-bond acceptors (Lipinski definition) is 7. The molecule has 6 rings (SSSR count). The van der Waals surface area contributed by atoms with Crippen LogP contribution >= 0.6 is 11.3 Å². The molecule has 162 valence electrons. The molecule has 0 radical (unpaired) electrons. The molecule has 1 aliphatic carbocycles. The highest BCUT2D eigenvalue weighted by Crippen LogP contribution is 2.41. The Morgan fingerprint density at radius 3 is 2.61 bits per heavy atom. The van der Waals surface area contributed by atoms with Crippen molar-refractivity contribution >= 4 is 27.4 Å². The Bertz CT molecular complexity index is 1070. The number of thiophene rings is 1. The van der Waals surface area contributed by atoms with Crippen LogP contribution in [-0.2, 0) is 12.8 Å². The van der Waals surface area contributed by atoms with Crippen LogP contribution in [0.2, 0.25) is 0 Å². The molecule has 0 aromatic carbocycles. The van der Waals surface area contributed by atoms with Gasteiger partial charge in [0.1, 0.15) is 16.3 Å². The minimum atomic E-state index is 0.712. The highest BCUT2D eigenvalue weighted by molar-refractivity contribution is 7.19. The molecule has 3 aromatic heterocycles. The molecule has 2 aliphatic heterocycles. The summed E-state index contributed by atoms with van der Waals surface area (Å²) in [6, 6.07) is 1.47. The summed E-state index contributed by atoms with van der Waals surface area (Å²) >= 11 is 1.87. The smallest absolute Gasteiger partial charge is 0.183 e. The first-order chi connectivity index (χ1) is 15.3. The van der Waals surface area contributed by atoms with Crippen LogP contribution in [0, 0.1) is 0 Å². The molecule has 3 aliphatic rings. The van der Waals surface area contributed by atoms with Gasteiger partial charge in [-0.05, 0) is 70.4 Å². The van der Waals surface area contributed by atoms with E-state index in [1.165, 1.54) is 67.3 Å². The molecule has 2 saturated heterocycles. The van der Waals surface area contributed by atoms with Gasteiger partial charge in [-0.2, -0.15) is 0 Å². The maximum absolute atomic E-state index is 5.12. The van der Waals surface area contributed by atoms with E-state index < -0.39 is 0 Å². The van der Waals surface area contributed by atoms with E-state index in [1.54, 1.807) is 18.6 Å². The molecule has 3 aromatic rings. The van der Waals surface area contributed by atoms with E-state index in [2.05, 4.69) is 26.7 Å². The fraction of sp³-hybridized carbons (Fsp3) is 0.583. The van der Waals surface area contributed by atoms with Crippen LogP contribution in [0.1, 0.15) is 55.9 Å². The number of rotatable bonds is 3. The molecule has 2 fully saturated rings. The third-order valence-corrected chi connectivity index (χ3v) is 8.61. The number of aryl methyl sites for hydroxylation is 2. The zero-order valence-electron chi connectivity index (χ0n) is 18.3. The highest BCUT2D eigenvalue weighted by Gasteiger charge is 2.32. The molecule has 0 bridgehead atoms. The van der Waals surface area contributed by atoms with E-state index in [4.69, 9.17) is 9.97 Å². The van der Waals surface area contributed by atoms with Gasteiger partial charge in [0, 0.05) is 42.4 Å². The minimum absolute atomic E-state index is 0.712. The van der Waals surface area contributed by atoms with Crippen LogP contribution < -0.4 is 4.90 Å². The van der Waals surface area contributed by atoms with Gasteiger partial charge in [0.15, 0.2) is 5.82 Å². The summed E-state index contributed by atoms with van der Waals surface area (Å²) in [5.41, 5.74) is 2.28. The lowest BCUT2D eigenvalue weighted by Gasteiger charge is -2.39. The van der Waals surface area contributed by atoms with Gasteiger partial charge in [-0.25, -0.2) is 15.0 Å².